The summed E-state index contributed by atoms with van der Waals surface area (Å²) in [4.78, 5) is 28.7. The first-order chi connectivity index (χ1) is 10.6. The molecule has 122 valence electrons. The fourth-order valence-electron chi connectivity index (χ4n) is 2.63. The number of hydrogen-bond acceptors (Lipinski definition) is 6. The minimum Gasteiger partial charge on any atom is -0.481 e. The molecule has 0 radical (unpaired) electrons. The number of nitrogens with zero attached hydrogens (tertiary/aromatic N) is 3. The van der Waals surface area contributed by atoms with Crippen LogP contribution in [0.1, 0.15) is 43.8 Å². The van der Waals surface area contributed by atoms with Gasteiger partial charge in [0.15, 0.2) is 5.82 Å². The number of aromatic nitrogens is 2. The maximum Gasteiger partial charge on any atom is 0.303 e. The average Bonchev–Trinajstić information content (AvgIpc) is 2.91. The number of amides is 1. The topological polar surface area (TPSA) is 106 Å². The van der Waals surface area contributed by atoms with Gasteiger partial charge in [-0.3, -0.25) is 9.59 Å². The van der Waals surface area contributed by atoms with E-state index in [2.05, 4.69) is 10.1 Å². The normalized spacial score (nSPS) is 18.4. The van der Waals surface area contributed by atoms with Crippen molar-refractivity contribution in [2.45, 2.75) is 51.7 Å². The van der Waals surface area contributed by atoms with Gasteiger partial charge in [0, 0.05) is 19.0 Å². The largest absolute Gasteiger partial charge is 0.481 e. The molecular formula is C14H21N3O5. The third-order valence-electron chi connectivity index (χ3n) is 3.66. The molecule has 0 aliphatic carbocycles. The molecule has 2 heterocycles. The summed E-state index contributed by atoms with van der Waals surface area (Å²) < 4.78 is 10.2. The molecule has 1 aliphatic heterocycles. The van der Waals surface area contributed by atoms with Crippen LogP contribution >= 0.6 is 0 Å². The van der Waals surface area contributed by atoms with Gasteiger partial charge in [0.1, 0.15) is 13.2 Å². The summed E-state index contributed by atoms with van der Waals surface area (Å²) in [6.07, 6.45) is 3.39. The SMILES string of the molecule is Cc1noc(COCC(=O)N2CCCCC2CCC(=O)O)n1. The number of aliphatic carboxylic acids is 1. The number of carboxylic acids is 1. The first-order valence-corrected chi connectivity index (χ1v) is 7.44. The highest BCUT2D eigenvalue weighted by Gasteiger charge is 2.27. The fourth-order valence-corrected chi connectivity index (χ4v) is 2.63. The number of aryl methyl sites for hydroxylation is 1. The Labute approximate surface area is 128 Å². The van der Waals surface area contributed by atoms with E-state index in [1.54, 1.807) is 11.8 Å². The van der Waals surface area contributed by atoms with E-state index in [0.29, 0.717) is 24.7 Å². The van der Waals surface area contributed by atoms with E-state index in [-0.39, 0.29) is 31.6 Å². The van der Waals surface area contributed by atoms with Gasteiger partial charge in [0.25, 0.3) is 5.89 Å². The minimum absolute atomic E-state index is 0.00778. The molecule has 1 amide bonds. The van der Waals surface area contributed by atoms with Gasteiger partial charge in [-0.1, -0.05) is 5.16 Å². The second kappa shape index (κ2) is 7.88. The Morgan fingerprint density at radius 3 is 2.95 bits per heavy atom. The summed E-state index contributed by atoms with van der Waals surface area (Å²) in [5.41, 5.74) is 0. The predicted molar refractivity (Wildman–Crippen MR) is 74.9 cm³/mol. The van der Waals surface area contributed by atoms with Crippen molar-refractivity contribution in [3.63, 3.8) is 0 Å². The zero-order valence-corrected chi connectivity index (χ0v) is 12.7. The lowest BCUT2D eigenvalue weighted by atomic mass is 9.98. The highest BCUT2D eigenvalue weighted by Crippen LogP contribution is 2.21. The van der Waals surface area contributed by atoms with Crippen molar-refractivity contribution in [2.24, 2.45) is 0 Å². The molecule has 1 aromatic heterocycles. The number of carbonyl (C=O) groups is 2. The molecule has 1 N–H and O–H groups in total. The zero-order chi connectivity index (χ0) is 15.9. The molecule has 1 fully saturated rings. The molecule has 0 spiro atoms. The number of carbonyl (C=O) groups excluding carboxylic acids is 1. The Bertz CT molecular complexity index is 516. The van der Waals surface area contributed by atoms with Crippen LogP contribution in [-0.4, -0.2) is 51.2 Å². The molecule has 0 bridgehead atoms. The summed E-state index contributed by atoms with van der Waals surface area (Å²) in [6, 6.07) is -0.00778. The van der Waals surface area contributed by atoms with E-state index in [4.69, 9.17) is 14.4 Å². The van der Waals surface area contributed by atoms with Crippen LogP contribution in [-0.2, 0) is 20.9 Å². The van der Waals surface area contributed by atoms with Crippen LogP contribution < -0.4 is 0 Å². The van der Waals surface area contributed by atoms with Gasteiger partial charge >= 0.3 is 5.97 Å². The number of piperidine rings is 1. The summed E-state index contributed by atoms with van der Waals surface area (Å²) in [7, 11) is 0. The lowest BCUT2D eigenvalue weighted by Gasteiger charge is -2.35. The van der Waals surface area contributed by atoms with Crippen LogP contribution in [0.2, 0.25) is 0 Å². The zero-order valence-electron chi connectivity index (χ0n) is 12.7. The number of ether oxygens (including phenoxy) is 1. The predicted octanol–water partition coefficient (Wildman–Crippen LogP) is 1.14. The summed E-state index contributed by atoms with van der Waals surface area (Å²) >= 11 is 0. The second-order valence-corrected chi connectivity index (χ2v) is 5.40. The van der Waals surface area contributed by atoms with E-state index in [9.17, 15) is 9.59 Å². The van der Waals surface area contributed by atoms with E-state index in [1.165, 1.54) is 0 Å². The lowest BCUT2D eigenvalue weighted by molar-refractivity contribution is -0.143. The number of rotatable bonds is 7. The Kier molecular flexibility index (Phi) is 5.88. The van der Waals surface area contributed by atoms with Gasteiger partial charge < -0.3 is 19.3 Å². The molecule has 8 nitrogen and oxygen atoms in total. The standard InChI is InChI=1S/C14H21N3O5/c1-10-15-12(22-16-10)8-21-9-13(18)17-7-3-2-4-11(17)5-6-14(19)20/h11H,2-9H2,1H3,(H,19,20). The van der Waals surface area contributed by atoms with Crippen molar-refractivity contribution in [1.29, 1.82) is 0 Å². The molecule has 8 heteroatoms. The number of hydrogen-bond donors (Lipinski definition) is 1. The molecule has 1 unspecified atom stereocenters. The van der Waals surface area contributed by atoms with E-state index in [0.717, 1.165) is 19.3 Å². The minimum atomic E-state index is -0.832. The van der Waals surface area contributed by atoms with Gasteiger partial charge in [-0.25, -0.2) is 0 Å². The molecule has 1 aromatic rings. The summed E-state index contributed by atoms with van der Waals surface area (Å²) in [5.74, 6) is -0.0895. The molecule has 0 saturated carbocycles. The number of likely N-dealkylation sites (tertiary alicyclic amines) is 1. The first-order valence-electron chi connectivity index (χ1n) is 7.44. The van der Waals surface area contributed by atoms with Crippen molar-refractivity contribution in [1.82, 2.24) is 15.0 Å². The van der Waals surface area contributed by atoms with Crippen molar-refractivity contribution in [3.05, 3.63) is 11.7 Å². The first kappa shape index (κ1) is 16.4. The van der Waals surface area contributed by atoms with Crippen LogP contribution in [0.3, 0.4) is 0 Å². The van der Waals surface area contributed by atoms with E-state index < -0.39 is 5.97 Å². The van der Waals surface area contributed by atoms with Crippen LogP contribution in [0.4, 0.5) is 0 Å². The molecule has 1 saturated heterocycles. The third-order valence-corrected chi connectivity index (χ3v) is 3.66. The smallest absolute Gasteiger partial charge is 0.303 e. The van der Waals surface area contributed by atoms with Crippen molar-refractivity contribution < 1.29 is 24.0 Å². The van der Waals surface area contributed by atoms with Gasteiger partial charge in [0.2, 0.25) is 5.91 Å². The van der Waals surface area contributed by atoms with Crippen LogP contribution in [0.5, 0.6) is 0 Å². The molecular weight excluding hydrogens is 290 g/mol. The van der Waals surface area contributed by atoms with Gasteiger partial charge in [-0.05, 0) is 32.6 Å². The molecule has 0 aromatic carbocycles. The van der Waals surface area contributed by atoms with Crippen molar-refractivity contribution in [2.75, 3.05) is 13.2 Å². The van der Waals surface area contributed by atoms with Gasteiger partial charge in [-0.15, -0.1) is 0 Å². The van der Waals surface area contributed by atoms with E-state index >= 15 is 0 Å². The molecule has 2 rings (SSSR count). The van der Waals surface area contributed by atoms with Gasteiger partial charge in [0.05, 0.1) is 0 Å². The maximum atomic E-state index is 12.2. The van der Waals surface area contributed by atoms with Crippen molar-refractivity contribution in [3.8, 4) is 0 Å². The van der Waals surface area contributed by atoms with E-state index in [1.807, 2.05) is 0 Å². The van der Waals surface area contributed by atoms with Crippen LogP contribution in [0.15, 0.2) is 4.52 Å². The second-order valence-electron chi connectivity index (χ2n) is 5.40. The van der Waals surface area contributed by atoms with Crippen LogP contribution in [0, 0.1) is 6.92 Å². The Balaban J connectivity index is 1.79. The Hall–Kier alpha value is -1.96. The van der Waals surface area contributed by atoms with Gasteiger partial charge in [-0.2, -0.15) is 4.98 Å². The molecule has 1 aliphatic rings. The average molecular weight is 311 g/mol. The quantitative estimate of drug-likeness (QED) is 0.804. The van der Waals surface area contributed by atoms with Crippen LogP contribution in [0.25, 0.3) is 0 Å². The Morgan fingerprint density at radius 2 is 2.27 bits per heavy atom. The fraction of sp³-hybridized carbons (Fsp3) is 0.714. The third kappa shape index (κ3) is 4.80. The highest BCUT2D eigenvalue weighted by molar-refractivity contribution is 5.78. The monoisotopic (exact) mass is 311 g/mol. The molecule has 22 heavy (non-hydrogen) atoms. The maximum absolute atomic E-state index is 12.2. The lowest BCUT2D eigenvalue weighted by Crippen LogP contribution is -2.45. The number of carboxylic acid groups (broad SMARTS) is 1. The Morgan fingerprint density at radius 1 is 1.45 bits per heavy atom. The highest BCUT2D eigenvalue weighted by atomic mass is 16.5. The van der Waals surface area contributed by atoms with Crippen molar-refractivity contribution >= 4 is 11.9 Å². The molecule has 1 atom stereocenters. The summed E-state index contributed by atoms with van der Waals surface area (Å²) in [6.45, 7) is 2.40. The summed E-state index contributed by atoms with van der Waals surface area (Å²) in [5, 5.41) is 12.4.